The number of aliphatic hydroxyl groups is 1. The Labute approximate surface area is 115 Å². The third-order valence-electron chi connectivity index (χ3n) is 2.61. The van der Waals surface area contributed by atoms with Gasteiger partial charge in [-0.25, -0.2) is 0 Å². The highest BCUT2D eigenvalue weighted by atomic mass is 79.9. The number of amides is 1. The molecule has 5 heteroatoms. The van der Waals surface area contributed by atoms with Crippen LogP contribution in [0.1, 0.15) is 24.2 Å². The van der Waals surface area contributed by atoms with Crippen molar-refractivity contribution >= 4 is 21.8 Å². The largest absolute Gasteiger partial charge is 0.497 e. The summed E-state index contributed by atoms with van der Waals surface area (Å²) in [6.45, 7) is 4.04. The number of nitrogens with one attached hydrogen (secondary N) is 1. The van der Waals surface area contributed by atoms with Crippen molar-refractivity contribution in [3.05, 3.63) is 28.2 Å². The van der Waals surface area contributed by atoms with Crippen molar-refractivity contribution in [3.8, 4) is 5.75 Å². The fraction of sp³-hybridized carbons (Fsp3) is 0.462. The van der Waals surface area contributed by atoms with E-state index < -0.39 is 6.10 Å². The summed E-state index contributed by atoms with van der Waals surface area (Å²) in [4.78, 5) is 11.9. The molecule has 2 N–H and O–H groups in total. The summed E-state index contributed by atoms with van der Waals surface area (Å²) in [6, 6.07) is 5.14. The van der Waals surface area contributed by atoms with Crippen LogP contribution in [-0.2, 0) is 0 Å². The second kappa shape index (κ2) is 6.75. The van der Waals surface area contributed by atoms with Gasteiger partial charge in [0.25, 0.3) is 5.91 Å². The highest BCUT2D eigenvalue weighted by Gasteiger charge is 2.13. The number of halogens is 1. The number of carbonyl (C=O) groups is 1. The van der Waals surface area contributed by atoms with Crippen LogP contribution in [-0.4, -0.2) is 30.8 Å². The van der Waals surface area contributed by atoms with Crippen LogP contribution in [0.5, 0.6) is 5.75 Å². The second-order valence-corrected chi connectivity index (χ2v) is 5.32. The van der Waals surface area contributed by atoms with E-state index in [-0.39, 0.29) is 18.4 Å². The maximum absolute atomic E-state index is 11.9. The first kappa shape index (κ1) is 15.0. The van der Waals surface area contributed by atoms with Gasteiger partial charge in [0.15, 0.2) is 0 Å². The molecule has 0 heterocycles. The summed E-state index contributed by atoms with van der Waals surface area (Å²) >= 11 is 3.32. The van der Waals surface area contributed by atoms with Crippen LogP contribution in [0.3, 0.4) is 0 Å². The zero-order valence-corrected chi connectivity index (χ0v) is 12.3. The minimum atomic E-state index is -0.539. The summed E-state index contributed by atoms with van der Waals surface area (Å²) in [6.07, 6.45) is -0.539. The quantitative estimate of drug-likeness (QED) is 0.875. The van der Waals surface area contributed by atoms with Gasteiger partial charge in [-0.3, -0.25) is 4.79 Å². The van der Waals surface area contributed by atoms with Crippen LogP contribution >= 0.6 is 15.9 Å². The fourth-order valence-electron chi connectivity index (χ4n) is 1.35. The summed E-state index contributed by atoms with van der Waals surface area (Å²) in [5, 5.41) is 12.3. The summed E-state index contributed by atoms with van der Waals surface area (Å²) in [5.74, 6) is 0.496. The molecule has 1 rings (SSSR count). The lowest BCUT2D eigenvalue weighted by Crippen LogP contribution is -2.34. The van der Waals surface area contributed by atoms with E-state index in [0.29, 0.717) is 11.3 Å². The van der Waals surface area contributed by atoms with E-state index in [0.717, 1.165) is 4.47 Å². The average Bonchev–Trinajstić information content (AvgIpc) is 2.34. The van der Waals surface area contributed by atoms with Crippen molar-refractivity contribution in [3.63, 3.8) is 0 Å². The Balaban J connectivity index is 2.69. The SMILES string of the molecule is COc1cc(Br)cc(C(=O)NCC(O)C(C)C)c1. The first-order valence-electron chi connectivity index (χ1n) is 5.75. The Bertz CT molecular complexity index is 421. The molecule has 18 heavy (non-hydrogen) atoms. The van der Waals surface area contributed by atoms with Gasteiger partial charge in [0.05, 0.1) is 13.2 Å². The number of methoxy groups -OCH3 is 1. The van der Waals surface area contributed by atoms with Gasteiger partial charge in [0.2, 0.25) is 0 Å². The van der Waals surface area contributed by atoms with E-state index >= 15 is 0 Å². The molecule has 1 amide bonds. The van der Waals surface area contributed by atoms with Gasteiger partial charge in [-0.1, -0.05) is 29.8 Å². The Morgan fingerprint density at radius 2 is 2.11 bits per heavy atom. The van der Waals surface area contributed by atoms with E-state index in [2.05, 4.69) is 21.2 Å². The molecule has 0 fully saturated rings. The first-order valence-corrected chi connectivity index (χ1v) is 6.54. The van der Waals surface area contributed by atoms with Crippen molar-refractivity contribution < 1.29 is 14.6 Å². The number of benzene rings is 1. The maximum Gasteiger partial charge on any atom is 0.251 e. The van der Waals surface area contributed by atoms with Gasteiger partial charge in [-0.05, 0) is 24.1 Å². The molecule has 0 bridgehead atoms. The lowest BCUT2D eigenvalue weighted by Gasteiger charge is -2.15. The second-order valence-electron chi connectivity index (χ2n) is 4.40. The number of hydrogen-bond donors (Lipinski definition) is 2. The number of hydrogen-bond acceptors (Lipinski definition) is 3. The molecular formula is C13H18BrNO3. The van der Waals surface area contributed by atoms with Crippen molar-refractivity contribution in [2.75, 3.05) is 13.7 Å². The van der Waals surface area contributed by atoms with Gasteiger partial charge in [-0.15, -0.1) is 0 Å². The van der Waals surface area contributed by atoms with E-state index in [1.165, 1.54) is 0 Å². The molecular weight excluding hydrogens is 298 g/mol. The lowest BCUT2D eigenvalue weighted by atomic mass is 10.1. The molecule has 0 saturated carbocycles. The highest BCUT2D eigenvalue weighted by molar-refractivity contribution is 9.10. The molecule has 1 aromatic rings. The molecule has 4 nitrogen and oxygen atoms in total. The zero-order chi connectivity index (χ0) is 13.7. The monoisotopic (exact) mass is 315 g/mol. The normalized spacial score (nSPS) is 12.3. The molecule has 0 radical (unpaired) electrons. The molecule has 0 saturated heterocycles. The molecule has 0 aliphatic carbocycles. The maximum atomic E-state index is 11.9. The van der Waals surface area contributed by atoms with Gasteiger partial charge >= 0.3 is 0 Å². The van der Waals surface area contributed by atoms with E-state index in [9.17, 15) is 9.90 Å². The van der Waals surface area contributed by atoms with E-state index in [1.807, 2.05) is 13.8 Å². The van der Waals surface area contributed by atoms with Crippen LogP contribution in [0.4, 0.5) is 0 Å². The third kappa shape index (κ3) is 4.31. The number of ether oxygens (including phenoxy) is 1. The minimum Gasteiger partial charge on any atom is -0.497 e. The molecule has 1 aromatic carbocycles. The van der Waals surface area contributed by atoms with Crippen LogP contribution in [0.2, 0.25) is 0 Å². The van der Waals surface area contributed by atoms with Gasteiger partial charge in [0, 0.05) is 16.6 Å². The number of aliphatic hydroxyl groups excluding tert-OH is 1. The van der Waals surface area contributed by atoms with Gasteiger partial charge in [0.1, 0.15) is 5.75 Å². The highest BCUT2D eigenvalue weighted by Crippen LogP contribution is 2.21. The number of carbonyl (C=O) groups excluding carboxylic acids is 1. The summed E-state index contributed by atoms with van der Waals surface area (Å²) < 4.78 is 5.86. The molecule has 0 aliphatic heterocycles. The molecule has 1 unspecified atom stereocenters. The number of rotatable bonds is 5. The van der Waals surface area contributed by atoms with Crippen molar-refractivity contribution in [2.45, 2.75) is 20.0 Å². The molecule has 0 spiro atoms. The van der Waals surface area contributed by atoms with Crippen molar-refractivity contribution in [2.24, 2.45) is 5.92 Å². The predicted molar refractivity (Wildman–Crippen MR) is 73.9 cm³/mol. The van der Waals surface area contributed by atoms with E-state index in [1.54, 1.807) is 25.3 Å². The van der Waals surface area contributed by atoms with Crippen LogP contribution < -0.4 is 10.1 Å². The smallest absolute Gasteiger partial charge is 0.251 e. The van der Waals surface area contributed by atoms with Crippen LogP contribution in [0, 0.1) is 5.92 Å². The zero-order valence-electron chi connectivity index (χ0n) is 10.7. The third-order valence-corrected chi connectivity index (χ3v) is 3.07. The van der Waals surface area contributed by atoms with Crippen molar-refractivity contribution in [1.82, 2.24) is 5.32 Å². The molecule has 100 valence electrons. The van der Waals surface area contributed by atoms with Crippen LogP contribution in [0.15, 0.2) is 22.7 Å². The predicted octanol–water partition coefficient (Wildman–Crippen LogP) is 2.20. The van der Waals surface area contributed by atoms with Crippen molar-refractivity contribution in [1.29, 1.82) is 0 Å². The minimum absolute atomic E-state index is 0.113. The van der Waals surface area contributed by atoms with E-state index in [4.69, 9.17) is 4.74 Å². The Morgan fingerprint density at radius 1 is 1.44 bits per heavy atom. The molecule has 1 atom stereocenters. The topological polar surface area (TPSA) is 58.6 Å². The van der Waals surface area contributed by atoms with Gasteiger partial charge < -0.3 is 15.2 Å². The Kier molecular flexibility index (Phi) is 5.62. The Morgan fingerprint density at radius 3 is 2.67 bits per heavy atom. The summed E-state index contributed by atoms with van der Waals surface area (Å²) in [7, 11) is 1.55. The fourth-order valence-corrected chi connectivity index (χ4v) is 1.82. The standard InChI is InChI=1S/C13H18BrNO3/c1-8(2)12(16)7-15-13(17)9-4-10(14)6-11(5-9)18-3/h4-6,8,12,16H,7H2,1-3H3,(H,15,17). The first-order chi connectivity index (χ1) is 8.43. The molecule has 0 aliphatic rings. The average molecular weight is 316 g/mol. The Hall–Kier alpha value is -1.07. The summed E-state index contributed by atoms with van der Waals surface area (Å²) in [5.41, 5.74) is 0.497. The lowest BCUT2D eigenvalue weighted by molar-refractivity contribution is 0.0871. The van der Waals surface area contributed by atoms with Gasteiger partial charge in [-0.2, -0.15) is 0 Å². The van der Waals surface area contributed by atoms with Crippen LogP contribution in [0.25, 0.3) is 0 Å². The molecule has 0 aromatic heterocycles.